The van der Waals surface area contributed by atoms with Gasteiger partial charge in [-0.25, -0.2) is 4.98 Å². The van der Waals surface area contributed by atoms with Crippen molar-refractivity contribution in [3.63, 3.8) is 0 Å². The van der Waals surface area contributed by atoms with Gasteiger partial charge in [0.2, 0.25) is 0 Å². The fourth-order valence-corrected chi connectivity index (χ4v) is 3.22. The van der Waals surface area contributed by atoms with E-state index >= 15 is 0 Å². The van der Waals surface area contributed by atoms with Gasteiger partial charge in [-0.05, 0) is 53.9 Å². The maximum atomic E-state index is 12.8. The Kier molecular flexibility index (Phi) is 4.54. The molecule has 5 heteroatoms. The van der Waals surface area contributed by atoms with Gasteiger partial charge in [0.25, 0.3) is 5.91 Å². The maximum Gasteiger partial charge on any atom is 0.255 e. The average molecular weight is 354 g/mol. The highest BCUT2D eigenvalue weighted by Gasteiger charge is 2.21. The van der Waals surface area contributed by atoms with E-state index in [1.165, 1.54) is 11.1 Å². The Hall–Kier alpha value is -3.65. The lowest BCUT2D eigenvalue weighted by atomic mass is 9.99. The van der Waals surface area contributed by atoms with Gasteiger partial charge in [0.15, 0.2) is 0 Å². The summed E-state index contributed by atoms with van der Waals surface area (Å²) in [6.07, 6.45) is 2.49. The van der Waals surface area contributed by atoms with Gasteiger partial charge in [-0.1, -0.05) is 24.3 Å². The second kappa shape index (κ2) is 7.30. The van der Waals surface area contributed by atoms with Crippen molar-refractivity contribution in [2.75, 3.05) is 11.9 Å². The van der Waals surface area contributed by atoms with Crippen LogP contribution in [-0.4, -0.2) is 22.3 Å². The molecule has 5 nitrogen and oxygen atoms in total. The number of nitriles is 1. The van der Waals surface area contributed by atoms with Gasteiger partial charge in [-0.2, -0.15) is 5.26 Å². The lowest BCUT2D eigenvalue weighted by molar-refractivity contribution is 0.0734. The third-order valence-electron chi connectivity index (χ3n) is 4.71. The van der Waals surface area contributed by atoms with Crippen molar-refractivity contribution in [1.82, 2.24) is 9.88 Å². The molecular formula is C22H18N4O. The Bertz CT molecular complexity index is 1000. The number of nitrogens with zero attached hydrogens (tertiary/aromatic N) is 3. The molecule has 0 bridgehead atoms. The predicted octanol–water partition coefficient (Wildman–Crippen LogP) is 3.90. The lowest BCUT2D eigenvalue weighted by Gasteiger charge is -2.28. The van der Waals surface area contributed by atoms with Crippen LogP contribution in [0.3, 0.4) is 0 Å². The van der Waals surface area contributed by atoms with E-state index in [9.17, 15) is 4.79 Å². The molecule has 0 aliphatic carbocycles. The number of anilines is 2. The van der Waals surface area contributed by atoms with Gasteiger partial charge < -0.3 is 10.2 Å². The van der Waals surface area contributed by atoms with Crippen LogP contribution in [0.25, 0.3) is 0 Å². The van der Waals surface area contributed by atoms with Crippen LogP contribution in [0.4, 0.5) is 11.5 Å². The van der Waals surface area contributed by atoms with Crippen LogP contribution in [0.1, 0.15) is 27.0 Å². The zero-order valence-electron chi connectivity index (χ0n) is 14.7. The zero-order chi connectivity index (χ0) is 18.6. The molecule has 1 aromatic heterocycles. The summed E-state index contributed by atoms with van der Waals surface area (Å²) >= 11 is 0. The number of fused-ring (bicyclic) bond motifs is 1. The summed E-state index contributed by atoms with van der Waals surface area (Å²) in [6, 6.07) is 21.1. The third-order valence-corrected chi connectivity index (χ3v) is 4.71. The molecule has 1 aliphatic heterocycles. The summed E-state index contributed by atoms with van der Waals surface area (Å²) in [5.74, 6) is 0.655. The molecular weight excluding hydrogens is 336 g/mol. The Balaban J connectivity index is 1.44. The van der Waals surface area contributed by atoms with Gasteiger partial charge in [0.1, 0.15) is 5.82 Å². The quantitative estimate of drug-likeness (QED) is 0.775. The number of carbonyl (C=O) groups is 1. The summed E-state index contributed by atoms with van der Waals surface area (Å²) < 4.78 is 0. The first-order chi connectivity index (χ1) is 13.2. The number of hydrogen-bond acceptors (Lipinski definition) is 4. The van der Waals surface area contributed by atoms with Gasteiger partial charge >= 0.3 is 0 Å². The van der Waals surface area contributed by atoms with E-state index in [1.807, 2.05) is 29.2 Å². The molecule has 0 saturated heterocycles. The van der Waals surface area contributed by atoms with E-state index in [0.717, 1.165) is 18.7 Å². The van der Waals surface area contributed by atoms with Gasteiger partial charge in [-0.15, -0.1) is 0 Å². The lowest BCUT2D eigenvalue weighted by Crippen LogP contribution is -2.35. The van der Waals surface area contributed by atoms with E-state index in [0.29, 0.717) is 23.5 Å². The first-order valence-electron chi connectivity index (χ1n) is 8.82. The number of amides is 1. The molecule has 132 valence electrons. The second-order valence-corrected chi connectivity index (χ2v) is 6.49. The van der Waals surface area contributed by atoms with Crippen LogP contribution in [0.5, 0.6) is 0 Å². The monoisotopic (exact) mass is 354 g/mol. The topological polar surface area (TPSA) is 69.0 Å². The van der Waals surface area contributed by atoms with E-state index in [2.05, 4.69) is 28.5 Å². The molecule has 0 unspecified atom stereocenters. The standard InChI is InChI=1S/C22H18N4O/c23-13-16-5-8-20(9-6-16)25-21-10-7-18(14-24-21)22(27)26-12-11-17-3-1-2-4-19(17)15-26/h1-10,14H,11-12,15H2,(H,24,25). The van der Waals surface area contributed by atoms with Crippen LogP contribution in [0.15, 0.2) is 66.9 Å². The fourth-order valence-electron chi connectivity index (χ4n) is 3.22. The Morgan fingerprint density at radius 1 is 1.04 bits per heavy atom. The summed E-state index contributed by atoms with van der Waals surface area (Å²) in [6.45, 7) is 1.36. The Morgan fingerprint density at radius 3 is 2.52 bits per heavy atom. The van der Waals surface area contributed by atoms with Crippen molar-refractivity contribution in [2.24, 2.45) is 0 Å². The SMILES string of the molecule is N#Cc1ccc(Nc2ccc(C(=O)N3CCc4ccccc4C3)cn2)cc1. The number of rotatable bonds is 3. The largest absolute Gasteiger partial charge is 0.340 e. The highest BCUT2D eigenvalue weighted by molar-refractivity contribution is 5.94. The summed E-state index contributed by atoms with van der Waals surface area (Å²) in [5.41, 5.74) is 4.57. The molecule has 2 aromatic carbocycles. The molecule has 0 radical (unpaired) electrons. The van der Waals surface area contributed by atoms with Gasteiger partial charge in [0.05, 0.1) is 17.2 Å². The molecule has 1 aliphatic rings. The first kappa shape index (κ1) is 16.8. The van der Waals surface area contributed by atoms with Crippen LogP contribution < -0.4 is 5.32 Å². The summed E-state index contributed by atoms with van der Waals surface area (Å²) in [5, 5.41) is 12.0. The highest BCUT2D eigenvalue weighted by atomic mass is 16.2. The van der Waals surface area contributed by atoms with Gasteiger partial charge in [-0.3, -0.25) is 4.79 Å². The molecule has 0 spiro atoms. The summed E-state index contributed by atoms with van der Waals surface area (Å²) in [4.78, 5) is 19.0. The Labute approximate surface area is 157 Å². The van der Waals surface area contributed by atoms with Crippen molar-refractivity contribution in [1.29, 1.82) is 5.26 Å². The van der Waals surface area contributed by atoms with E-state index < -0.39 is 0 Å². The fraction of sp³-hybridized carbons (Fsp3) is 0.136. The normalized spacial score (nSPS) is 12.8. The molecule has 4 rings (SSSR count). The minimum absolute atomic E-state index is 0.00178. The minimum atomic E-state index is 0.00178. The molecule has 3 aromatic rings. The molecule has 0 fully saturated rings. The zero-order valence-corrected chi connectivity index (χ0v) is 14.7. The van der Waals surface area contributed by atoms with Crippen LogP contribution in [0.2, 0.25) is 0 Å². The van der Waals surface area contributed by atoms with Crippen molar-refractivity contribution < 1.29 is 4.79 Å². The number of aromatic nitrogens is 1. The molecule has 1 amide bonds. The minimum Gasteiger partial charge on any atom is -0.340 e. The molecule has 0 atom stereocenters. The second-order valence-electron chi connectivity index (χ2n) is 6.49. The Morgan fingerprint density at radius 2 is 1.81 bits per heavy atom. The molecule has 1 N–H and O–H groups in total. The summed E-state index contributed by atoms with van der Waals surface area (Å²) in [7, 11) is 0. The van der Waals surface area contributed by atoms with Crippen LogP contribution in [-0.2, 0) is 13.0 Å². The van der Waals surface area contributed by atoms with Crippen molar-refractivity contribution in [3.05, 3.63) is 89.1 Å². The first-order valence-corrected chi connectivity index (χ1v) is 8.82. The smallest absolute Gasteiger partial charge is 0.255 e. The highest BCUT2D eigenvalue weighted by Crippen LogP contribution is 2.21. The van der Waals surface area contributed by atoms with E-state index in [-0.39, 0.29) is 5.91 Å². The third kappa shape index (κ3) is 3.65. The number of nitrogens with one attached hydrogen (secondary N) is 1. The predicted molar refractivity (Wildman–Crippen MR) is 104 cm³/mol. The number of pyridine rings is 1. The molecule has 2 heterocycles. The molecule has 27 heavy (non-hydrogen) atoms. The number of carbonyl (C=O) groups excluding carboxylic acids is 1. The van der Waals surface area contributed by atoms with Gasteiger partial charge in [0, 0.05) is 25.0 Å². The van der Waals surface area contributed by atoms with E-state index in [4.69, 9.17) is 5.26 Å². The van der Waals surface area contributed by atoms with E-state index in [1.54, 1.807) is 30.5 Å². The maximum absolute atomic E-state index is 12.8. The van der Waals surface area contributed by atoms with Crippen LogP contribution in [0, 0.1) is 11.3 Å². The van der Waals surface area contributed by atoms with Crippen molar-refractivity contribution >= 4 is 17.4 Å². The number of benzene rings is 2. The van der Waals surface area contributed by atoms with Crippen molar-refractivity contribution in [2.45, 2.75) is 13.0 Å². The van der Waals surface area contributed by atoms with Crippen LogP contribution >= 0.6 is 0 Å². The molecule has 0 saturated carbocycles. The van der Waals surface area contributed by atoms with Crippen molar-refractivity contribution in [3.8, 4) is 6.07 Å². The average Bonchev–Trinajstić information content (AvgIpc) is 2.74. The number of hydrogen-bond donors (Lipinski definition) is 1.